The maximum Gasteiger partial charge on any atom is 0.223 e. The van der Waals surface area contributed by atoms with E-state index in [1.165, 1.54) is 0 Å². The number of nitrogens with zero attached hydrogens (tertiary/aromatic N) is 5. The Balaban J connectivity index is 1.48. The van der Waals surface area contributed by atoms with Crippen molar-refractivity contribution < 1.29 is 4.79 Å². The van der Waals surface area contributed by atoms with Gasteiger partial charge in [0, 0.05) is 69.5 Å². The van der Waals surface area contributed by atoms with Crippen molar-refractivity contribution in [2.75, 3.05) is 26.2 Å². The molecule has 130 valence electrons. The van der Waals surface area contributed by atoms with Crippen LogP contribution in [0.4, 0.5) is 0 Å². The highest BCUT2D eigenvalue weighted by Crippen LogP contribution is 2.12. The van der Waals surface area contributed by atoms with Gasteiger partial charge in [-0.2, -0.15) is 0 Å². The molecular weight excluding hydrogens is 322 g/mol. The van der Waals surface area contributed by atoms with E-state index in [-0.39, 0.29) is 5.91 Å². The summed E-state index contributed by atoms with van der Waals surface area (Å²) in [6.45, 7) is 7.55. The number of carbonyl (C=O) groups excluding carboxylic acids is 1. The minimum absolute atomic E-state index is 0.252. The van der Waals surface area contributed by atoms with Crippen LogP contribution in [0.3, 0.4) is 0 Å². The van der Waals surface area contributed by atoms with Gasteiger partial charge in [0.05, 0.1) is 11.6 Å². The Labute approximate surface area is 147 Å². The van der Waals surface area contributed by atoms with Crippen LogP contribution in [0.1, 0.15) is 30.6 Å². The first-order chi connectivity index (χ1) is 11.8. The minimum Gasteiger partial charge on any atom is -0.341 e. The summed E-state index contributed by atoms with van der Waals surface area (Å²) in [5, 5.41) is 3.01. The largest absolute Gasteiger partial charge is 0.341 e. The van der Waals surface area contributed by atoms with E-state index in [1.54, 1.807) is 17.5 Å². The number of carbonyl (C=O) groups is 1. The molecule has 1 fully saturated rings. The molecule has 0 N–H and O–H groups in total. The summed E-state index contributed by atoms with van der Waals surface area (Å²) < 4.78 is 2.18. The second-order valence-corrected chi connectivity index (χ2v) is 7.04. The van der Waals surface area contributed by atoms with Gasteiger partial charge in [-0.1, -0.05) is 0 Å². The molecule has 0 saturated carbocycles. The lowest BCUT2D eigenvalue weighted by molar-refractivity contribution is -0.131. The second kappa shape index (κ2) is 8.39. The van der Waals surface area contributed by atoms with Gasteiger partial charge in [-0.25, -0.2) is 9.97 Å². The molecular formula is C17H25N5OS. The molecule has 0 unspecified atom stereocenters. The Morgan fingerprint density at radius 2 is 2.12 bits per heavy atom. The van der Waals surface area contributed by atoms with Crippen molar-refractivity contribution >= 4 is 17.2 Å². The first kappa shape index (κ1) is 17.1. The summed E-state index contributed by atoms with van der Waals surface area (Å²) in [5.74, 6) is 1.36. The molecule has 7 heteroatoms. The molecule has 1 amide bonds. The Morgan fingerprint density at radius 3 is 2.92 bits per heavy atom. The molecule has 3 heterocycles. The fourth-order valence-corrected chi connectivity index (χ4v) is 3.73. The Kier molecular flexibility index (Phi) is 5.98. The SMILES string of the molecule is CCn1ccnc1CN1CCCN(C(=O)CCc2nccs2)CC1. The molecule has 2 aromatic rings. The first-order valence-electron chi connectivity index (χ1n) is 8.64. The highest BCUT2D eigenvalue weighted by Gasteiger charge is 2.20. The molecule has 1 aliphatic rings. The van der Waals surface area contributed by atoms with Crippen LogP contribution < -0.4 is 0 Å². The van der Waals surface area contributed by atoms with Crippen LogP contribution in [0.2, 0.25) is 0 Å². The van der Waals surface area contributed by atoms with Crippen LogP contribution in [-0.4, -0.2) is 56.4 Å². The fourth-order valence-electron chi connectivity index (χ4n) is 3.11. The smallest absolute Gasteiger partial charge is 0.223 e. The van der Waals surface area contributed by atoms with E-state index >= 15 is 0 Å². The van der Waals surface area contributed by atoms with E-state index in [1.807, 2.05) is 22.7 Å². The van der Waals surface area contributed by atoms with Crippen molar-refractivity contribution in [3.8, 4) is 0 Å². The fraction of sp³-hybridized carbons (Fsp3) is 0.588. The standard InChI is InChI=1S/C17H25N5OS/c1-2-21-10-6-18-15(21)14-20-8-3-9-22(12-11-20)17(23)5-4-16-19-7-13-24-16/h6-7,10,13H,2-5,8-9,11-12,14H2,1H3. The average molecular weight is 347 g/mol. The predicted molar refractivity (Wildman–Crippen MR) is 94.8 cm³/mol. The lowest BCUT2D eigenvalue weighted by Crippen LogP contribution is -2.35. The molecule has 3 rings (SSSR count). The van der Waals surface area contributed by atoms with Crippen molar-refractivity contribution in [3.63, 3.8) is 0 Å². The van der Waals surface area contributed by atoms with Crippen molar-refractivity contribution in [1.29, 1.82) is 0 Å². The maximum atomic E-state index is 12.4. The first-order valence-corrected chi connectivity index (χ1v) is 9.52. The molecule has 6 nitrogen and oxygen atoms in total. The summed E-state index contributed by atoms with van der Waals surface area (Å²) in [6.07, 6.45) is 8.04. The molecule has 0 aliphatic carbocycles. The zero-order valence-electron chi connectivity index (χ0n) is 14.2. The highest BCUT2D eigenvalue weighted by molar-refractivity contribution is 7.09. The summed E-state index contributed by atoms with van der Waals surface area (Å²) >= 11 is 1.62. The number of imidazole rings is 1. The zero-order valence-corrected chi connectivity index (χ0v) is 15.0. The molecule has 0 atom stereocenters. The summed E-state index contributed by atoms with van der Waals surface area (Å²) in [4.78, 5) is 25.6. The van der Waals surface area contributed by atoms with Gasteiger partial charge < -0.3 is 9.47 Å². The van der Waals surface area contributed by atoms with E-state index in [0.717, 1.165) is 62.9 Å². The third-order valence-electron chi connectivity index (χ3n) is 4.48. The van der Waals surface area contributed by atoms with Crippen LogP contribution in [0, 0.1) is 0 Å². The molecule has 1 aliphatic heterocycles. The molecule has 0 aromatic carbocycles. The second-order valence-electron chi connectivity index (χ2n) is 6.07. The van der Waals surface area contributed by atoms with Crippen molar-refractivity contribution in [3.05, 3.63) is 34.8 Å². The Morgan fingerprint density at radius 1 is 1.21 bits per heavy atom. The quantitative estimate of drug-likeness (QED) is 0.802. The molecule has 24 heavy (non-hydrogen) atoms. The van der Waals surface area contributed by atoms with Gasteiger partial charge in [-0.3, -0.25) is 9.69 Å². The summed E-state index contributed by atoms with van der Waals surface area (Å²) in [6, 6.07) is 0. The number of aryl methyl sites for hydroxylation is 2. The van der Waals surface area contributed by atoms with Gasteiger partial charge in [0.15, 0.2) is 0 Å². The van der Waals surface area contributed by atoms with Gasteiger partial charge in [-0.15, -0.1) is 11.3 Å². The van der Waals surface area contributed by atoms with Crippen LogP contribution >= 0.6 is 11.3 Å². The zero-order chi connectivity index (χ0) is 16.8. The summed E-state index contributed by atoms with van der Waals surface area (Å²) in [5.41, 5.74) is 0. The number of hydrogen-bond donors (Lipinski definition) is 0. The van der Waals surface area contributed by atoms with Gasteiger partial charge >= 0.3 is 0 Å². The monoisotopic (exact) mass is 347 g/mol. The highest BCUT2D eigenvalue weighted by atomic mass is 32.1. The Hall–Kier alpha value is -1.73. The van der Waals surface area contributed by atoms with Crippen LogP contribution in [-0.2, 0) is 24.3 Å². The lowest BCUT2D eigenvalue weighted by Gasteiger charge is -2.22. The van der Waals surface area contributed by atoms with Crippen LogP contribution in [0.25, 0.3) is 0 Å². The number of rotatable bonds is 6. The Bertz CT molecular complexity index is 639. The van der Waals surface area contributed by atoms with Crippen molar-refractivity contribution in [2.24, 2.45) is 0 Å². The molecule has 2 aromatic heterocycles. The third-order valence-corrected chi connectivity index (χ3v) is 5.32. The topological polar surface area (TPSA) is 54.3 Å². The minimum atomic E-state index is 0.252. The normalized spacial score (nSPS) is 16.3. The number of aromatic nitrogens is 3. The van der Waals surface area contributed by atoms with E-state index in [0.29, 0.717) is 6.42 Å². The summed E-state index contributed by atoms with van der Waals surface area (Å²) in [7, 11) is 0. The molecule has 0 bridgehead atoms. The van der Waals surface area contributed by atoms with Crippen LogP contribution in [0.15, 0.2) is 24.0 Å². The van der Waals surface area contributed by atoms with Gasteiger partial charge in [0.1, 0.15) is 5.82 Å². The van der Waals surface area contributed by atoms with E-state index in [2.05, 4.69) is 26.4 Å². The molecule has 0 spiro atoms. The lowest BCUT2D eigenvalue weighted by atomic mass is 10.2. The van der Waals surface area contributed by atoms with Gasteiger partial charge in [-0.05, 0) is 13.3 Å². The van der Waals surface area contributed by atoms with Gasteiger partial charge in [0.2, 0.25) is 5.91 Å². The number of thiazole rings is 1. The molecule has 1 saturated heterocycles. The molecule has 0 radical (unpaired) electrons. The third kappa shape index (κ3) is 4.42. The average Bonchev–Trinajstić information content (AvgIpc) is 3.21. The number of amides is 1. The van der Waals surface area contributed by atoms with Gasteiger partial charge in [0.25, 0.3) is 0 Å². The predicted octanol–water partition coefficient (Wildman–Crippen LogP) is 2.03. The van der Waals surface area contributed by atoms with E-state index < -0.39 is 0 Å². The van der Waals surface area contributed by atoms with Crippen molar-refractivity contribution in [2.45, 2.75) is 39.3 Å². The number of hydrogen-bond acceptors (Lipinski definition) is 5. The van der Waals surface area contributed by atoms with Crippen molar-refractivity contribution in [1.82, 2.24) is 24.3 Å². The van der Waals surface area contributed by atoms with E-state index in [9.17, 15) is 4.79 Å². The maximum absolute atomic E-state index is 12.4. The van der Waals surface area contributed by atoms with Crippen LogP contribution in [0.5, 0.6) is 0 Å². The van der Waals surface area contributed by atoms with E-state index in [4.69, 9.17) is 0 Å².